The molecule has 0 aromatic heterocycles. The van der Waals surface area contributed by atoms with Gasteiger partial charge in [0.1, 0.15) is 9.84 Å². The van der Waals surface area contributed by atoms with Crippen LogP contribution in [0.3, 0.4) is 0 Å². The molecule has 0 aliphatic carbocycles. The van der Waals surface area contributed by atoms with Crippen LogP contribution < -0.4 is 5.32 Å². The molecule has 1 aromatic carbocycles. The number of anilines is 1. The summed E-state index contributed by atoms with van der Waals surface area (Å²) in [5.74, 6) is 0.174. The summed E-state index contributed by atoms with van der Waals surface area (Å²) in [5.41, 5.74) is 2.16. The molecule has 2 rings (SSSR count). The molecule has 0 fully saturated rings. The van der Waals surface area contributed by atoms with E-state index in [2.05, 4.69) is 5.32 Å². The first-order valence-electron chi connectivity index (χ1n) is 6.00. The van der Waals surface area contributed by atoms with Crippen molar-refractivity contribution >= 4 is 21.3 Å². The van der Waals surface area contributed by atoms with Gasteiger partial charge in [0.15, 0.2) is 5.78 Å². The monoisotopic (exact) mass is 267 g/mol. The van der Waals surface area contributed by atoms with Gasteiger partial charge in [0.2, 0.25) is 0 Å². The van der Waals surface area contributed by atoms with Crippen LogP contribution in [0.4, 0.5) is 5.69 Å². The number of sulfone groups is 1. The van der Waals surface area contributed by atoms with Crippen molar-refractivity contribution in [3.8, 4) is 0 Å². The SMILES string of the molecule is CS(=O)(=O)CCCC(=O)C1Cc2ccccc2N1. The first-order valence-corrected chi connectivity index (χ1v) is 8.06. The maximum atomic E-state index is 11.9. The highest BCUT2D eigenvalue weighted by molar-refractivity contribution is 7.90. The number of fused-ring (bicyclic) bond motifs is 1. The lowest BCUT2D eigenvalue weighted by Crippen LogP contribution is -2.27. The largest absolute Gasteiger partial charge is 0.375 e. The van der Waals surface area contributed by atoms with Gasteiger partial charge in [-0.1, -0.05) is 18.2 Å². The van der Waals surface area contributed by atoms with Crippen LogP contribution in [-0.2, 0) is 21.1 Å². The lowest BCUT2D eigenvalue weighted by Gasteiger charge is -2.09. The molecule has 0 spiro atoms. The number of carbonyl (C=O) groups is 1. The van der Waals surface area contributed by atoms with Crippen LogP contribution in [-0.4, -0.2) is 32.3 Å². The van der Waals surface area contributed by atoms with Gasteiger partial charge in [-0.25, -0.2) is 8.42 Å². The Morgan fingerprint density at radius 1 is 1.39 bits per heavy atom. The van der Waals surface area contributed by atoms with E-state index in [4.69, 9.17) is 0 Å². The van der Waals surface area contributed by atoms with E-state index >= 15 is 0 Å². The Morgan fingerprint density at radius 3 is 2.78 bits per heavy atom. The van der Waals surface area contributed by atoms with Gasteiger partial charge in [-0.2, -0.15) is 0 Å². The quantitative estimate of drug-likeness (QED) is 0.876. The van der Waals surface area contributed by atoms with Gasteiger partial charge in [0, 0.05) is 24.8 Å². The molecule has 98 valence electrons. The average molecular weight is 267 g/mol. The van der Waals surface area contributed by atoms with Crippen molar-refractivity contribution in [2.24, 2.45) is 0 Å². The molecule has 0 amide bonds. The molecule has 0 saturated heterocycles. The van der Waals surface area contributed by atoms with Crippen molar-refractivity contribution < 1.29 is 13.2 Å². The second-order valence-electron chi connectivity index (χ2n) is 4.76. The van der Waals surface area contributed by atoms with Crippen LogP contribution in [0.5, 0.6) is 0 Å². The van der Waals surface area contributed by atoms with Crippen molar-refractivity contribution in [2.75, 3.05) is 17.3 Å². The molecular weight excluding hydrogens is 250 g/mol. The van der Waals surface area contributed by atoms with Gasteiger partial charge >= 0.3 is 0 Å². The third kappa shape index (κ3) is 3.32. The highest BCUT2D eigenvalue weighted by Gasteiger charge is 2.25. The zero-order valence-corrected chi connectivity index (χ0v) is 11.2. The van der Waals surface area contributed by atoms with Crippen molar-refractivity contribution in [1.29, 1.82) is 0 Å². The van der Waals surface area contributed by atoms with Crippen LogP contribution in [0.1, 0.15) is 18.4 Å². The number of carbonyl (C=O) groups excluding carboxylic acids is 1. The summed E-state index contributed by atoms with van der Waals surface area (Å²) >= 11 is 0. The van der Waals surface area contributed by atoms with Crippen molar-refractivity contribution in [1.82, 2.24) is 0 Å². The first-order chi connectivity index (χ1) is 8.46. The molecule has 1 unspecified atom stereocenters. The number of benzene rings is 1. The fourth-order valence-corrected chi connectivity index (χ4v) is 2.84. The normalized spacial score (nSPS) is 18.2. The molecule has 0 bridgehead atoms. The van der Waals surface area contributed by atoms with E-state index in [1.807, 2.05) is 24.3 Å². The number of hydrogen-bond acceptors (Lipinski definition) is 4. The van der Waals surface area contributed by atoms with E-state index in [1.165, 1.54) is 6.26 Å². The maximum Gasteiger partial charge on any atom is 0.155 e. The molecule has 1 N–H and O–H groups in total. The fraction of sp³-hybridized carbons (Fsp3) is 0.462. The summed E-state index contributed by atoms with van der Waals surface area (Å²) in [4.78, 5) is 11.9. The van der Waals surface area contributed by atoms with Gasteiger partial charge in [0.05, 0.1) is 11.8 Å². The zero-order chi connectivity index (χ0) is 13.2. The first kappa shape index (κ1) is 13.1. The van der Waals surface area contributed by atoms with E-state index < -0.39 is 9.84 Å². The minimum atomic E-state index is -2.97. The van der Waals surface area contributed by atoms with E-state index in [-0.39, 0.29) is 17.6 Å². The molecule has 5 heteroatoms. The predicted molar refractivity (Wildman–Crippen MR) is 71.5 cm³/mol. The molecular formula is C13H17NO3S. The molecule has 0 saturated carbocycles. The maximum absolute atomic E-state index is 11.9. The Hall–Kier alpha value is -1.36. The second-order valence-corrected chi connectivity index (χ2v) is 7.02. The number of ketones is 1. The van der Waals surface area contributed by atoms with Gasteiger partial charge < -0.3 is 5.32 Å². The Bertz CT molecular complexity index is 526. The van der Waals surface area contributed by atoms with Gasteiger partial charge in [-0.05, 0) is 18.1 Å². The van der Waals surface area contributed by atoms with E-state index in [1.54, 1.807) is 0 Å². The van der Waals surface area contributed by atoms with E-state index in [0.29, 0.717) is 19.3 Å². The number of nitrogens with one attached hydrogen (secondary N) is 1. The Morgan fingerprint density at radius 2 is 2.11 bits per heavy atom. The molecule has 1 aromatic rings. The third-order valence-electron chi connectivity index (χ3n) is 3.10. The molecule has 1 aliphatic rings. The molecule has 1 atom stereocenters. The smallest absolute Gasteiger partial charge is 0.155 e. The number of hydrogen-bond donors (Lipinski definition) is 1. The molecule has 1 aliphatic heterocycles. The lowest BCUT2D eigenvalue weighted by molar-refractivity contribution is -0.119. The van der Waals surface area contributed by atoms with Crippen molar-refractivity contribution in [3.63, 3.8) is 0 Å². The van der Waals surface area contributed by atoms with Crippen LogP contribution in [0.25, 0.3) is 0 Å². The van der Waals surface area contributed by atoms with Crippen LogP contribution in [0.2, 0.25) is 0 Å². The molecule has 18 heavy (non-hydrogen) atoms. The summed E-state index contributed by atoms with van der Waals surface area (Å²) in [6, 6.07) is 7.66. The number of para-hydroxylation sites is 1. The Balaban J connectivity index is 1.86. The second kappa shape index (κ2) is 5.10. The summed E-state index contributed by atoms with van der Waals surface area (Å²) in [5, 5.41) is 3.18. The molecule has 4 nitrogen and oxygen atoms in total. The highest BCUT2D eigenvalue weighted by atomic mass is 32.2. The average Bonchev–Trinajstić information content (AvgIpc) is 2.70. The van der Waals surface area contributed by atoms with Gasteiger partial charge in [0.25, 0.3) is 0 Å². The summed E-state index contributed by atoms with van der Waals surface area (Å²) in [6.45, 7) is 0. The number of Topliss-reactive ketones (excluding diaryl/α,β-unsaturated/α-hetero) is 1. The van der Waals surface area contributed by atoms with E-state index in [0.717, 1.165) is 11.3 Å². The van der Waals surface area contributed by atoms with Crippen molar-refractivity contribution in [3.05, 3.63) is 29.8 Å². The number of rotatable bonds is 5. The summed E-state index contributed by atoms with van der Waals surface area (Å²) in [6.07, 6.45) is 2.62. The minimum Gasteiger partial charge on any atom is -0.375 e. The minimum absolute atomic E-state index is 0.0818. The Kier molecular flexibility index (Phi) is 3.71. The van der Waals surface area contributed by atoms with Crippen LogP contribution >= 0.6 is 0 Å². The summed E-state index contributed by atoms with van der Waals surface area (Å²) in [7, 11) is -2.97. The van der Waals surface area contributed by atoms with Crippen LogP contribution in [0, 0.1) is 0 Å². The summed E-state index contributed by atoms with van der Waals surface area (Å²) < 4.78 is 22.0. The standard InChI is InChI=1S/C13H17NO3S/c1-18(16,17)8-4-7-13(15)12-9-10-5-2-3-6-11(10)14-12/h2-3,5-6,12,14H,4,7-9H2,1H3. The zero-order valence-electron chi connectivity index (χ0n) is 10.3. The third-order valence-corrected chi connectivity index (χ3v) is 4.13. The van der Waals surface area contributed by atoms with Crippen LogP contribution in [0.15, 0.2) is 24.3 Å². The van der Waals surface area contributed by atoms with Gasteiger partial charge in [-0.3, -0.25) is 4.79 Å². The predicted octanol–water partition coefficient (Wildman–Crippen LogP) is 1.42. The molecule has 0 radical (unpaired) electrons. The lowest BCUT2D eigenvalue weighted by atomic mass is 10.0. The highest BCUT2D eigenvalue weighted by Crippen LogP contribution is 2.26. The fourth-order valence-electron chi connectivity index (χ4n) is 2.17. The molecule has 1 heterocycles. The topological polar surface area (TPSA) is 63.2 Å². The Labute approximate surface area is 107 Å². The van der Waals surface area contributed by atoms with Crippen molar-refractivity contribution in [2.45, 2.75) is 25.3 Å². The van der Waals surface area contributed by atoms with Gasteiger partial charge in [-0.15, -0.1) is 0 Å². The van der Waals surface area contributed by atoms with E-state index in [9.17, 15) is 13.2 Å².